The van der Waals surface area contributed by atoms with Gasteiger partial charge in [0.25, 0.3) is 0 Å². The molecule has 3 N–H and O–H groups in total. The van der Waals surface area contributed by atoms with Crippen molar-refractivity contribution in [3.05, 3.63) is 50.4 Å². The Morgan fingerprint density at radius 2 is 1.91 bits per heavy atom. The molecule has 23 heavy (non-hydrogen) atoms. The van der Waals surface area contributed by atoms with Crippen LogP contribution in [0.25, 0.3) is 0 Å². The van der Waals surface area contributed by atoms with E-state index in [9.17, 15) is 4.79 Å². The number of benzene rings is 1. The molecule has 1 aromatic carbocycles. The number of carbonyl (C=O) groups is 1. The Balaban J connectivity index is 0.00000242. The summed E-state index contributed by atoms with van der Waals surface area (Å²) in [6.07, 6.45) is 1.80. The number of nitrogens with two attached hydrogens (primary N) is 1. The zero-order valence-corrected chi connectivity index (χ0v) is 17.0. The van der Waals surface area contributed by atoms with Crippen LogP contribution in [0.1, 0.15) is 35.3 Å². The predicted octanol–water partition coefficient (Wildman–Crippen LogP) is 4.11. The van der Waals surface area contributed by atoms with Crippen molar-refractivity contribution < 1.29 is 4.79 Å². The standard InChI is InChI=1S/C15H18BrN3OS.2ClH/c1-9-8-18-13(21-9)10(2)19-14(20)15(3,17)11-4-6-12(16)7-5-11;;/h4-8,10H,17H2,1-3H3,(H,19,20);2*1H. The number of hydrogen-bond donors (Lipinski definition) is 2. The molecule has 2 atom stereocenters. The molecule has 0 fully saturated rings. The van der Waals surface area contributed by atoms with E-state index in [2.05, 4.69) is 26.2 Å². The first-order valence-corrected chi connectivity index (χ1v) is 8.20. The van der Waals surface area contributed by atoms with Gasteiger partial charge in [-0.25, -0.2) is 4.98 Å². The van der Waals surface area contributed by atoms with Crippen LogP contribution >= 0.6 is 52.1 Å². The average molecular weight is 441 g/mol. The third kappa shape index (κ3) is 5.43. The van der Waals surface area contributed by atoms with Crippen molar-refractivity contribution in [3.63, 3.8) is 0 Å². The van der Waals surface area contributed by atoms with Crippen LogP contribution in [-0.2, 0) is 10.3 Å². The van der Waals surface area contributed by atoms with E-state index in [1.807, 2.05) is 38.1 Å². The Bertz CT molecular complexity index is 646. The Kier molecular flexibility index (Phi) is 8.73. The van der Waals surface area contributed by atoms with Crippen LogP contribution in [-0.4, -0.2) is 10.9 Å². The van der Waals surface area contributed by atoms with Gasteiger partial charge in [0.2, 0.25) is 5.91 Å². The summed E-state index contributed by atoms with van der Waals surface area (Å²) in [5, 5.41) is 3.82. The lowest BCUT2D eigenvalue weighted by Gasteiger charge is -2.26. The van der Waals surface area contributed by atoms with Crippen molar-refractivity contribution >= 4 is 58.0 Å². The third-order valence-electron chi connectivity index (χ3n) is 3.27. The lowest BCUT2D eigenvalue weighted by Crippen LogP contribution is -2.49. The minimum Gasteiger partial charge on any atom is -0.345 e. The summed E-state index contributed by atoms with van der Waals surface area (Å²) >= 11 is 4.95. The number of hydrogen-bond acceptors (Lipinski definition) is 4. The normalized spacial score (nSPS) is 14.0. The summed E-state index contributed by atoms with van der Waals surface area (Å²) in [5.41, 5.74) is 5.91. The fraction of sp³-hybridized carbons (Fsp3) is 0.333. The van der Waals surface area contributed by atoms with Crippen LogP contribution in [0.2, 0.25) is 0 Å². The summed E-state index contributed by atoms with van der Waals surface area (Å²) in [5.74, 6) is -0.217. The van der Waals surface area contributed by atoms with E-state index in [0.29, 0.717) is 0 Å². The quantitative estimate of drug-likeness (QED) is 0.751. The molecule has 0 saturated carbocycles. The third-order valence-corrected chi connectivity index (χ3v) is 4.90. The molecule has 0 bridgehead atoms. The second kappa shape index (κ2) is 8.99. The smallest absolute Gasteiger partial charge is 0.244 e. The molecule has 0 saturated heterocycles. The summed E-state index contributed by atoms with van der Waals surface area (Å²) < 4.78 is 0.953. The second-order valence-electron chi connectivity index (χ2n) is 5.21. The van der Waals surface area contributed by atoms with Gasteiger partial charge >= 0.3 is 0 Å². The van der Waals surface area contributed by atoms with Gasteiger partial charge in [0.15, 0.2) is 0 Å². The van der Waals surface area contributed by atoms with Gasteiger partial charge in [0.05, 0.1) is 6.04 Å². The molecule has 8 heteroatoms. The number of amides is 1. The minimum absolute atomic E-state index is 0. The SMILES string of the molecule is Cc1cnc(C(C)NC(=O)C(C)(N)c2ccc(Br)cc2)s1.Cl.Cl. The molecule has 128 valence electrons. The van der Waals surface area contributed by atoms with E-state index in [1.165, 1.54) is 0 Å². The first kappa shape index (κ1) is 22.3. The predicted molar refractivity (Wildman–Crippen MR) is 104 cm³/mol. The maximum atomic E-state index is 12.5. The minimum atomic E-state index is -1.08. The summed E-state index contributed by atoms with van der Waals surface area (Å²) in [6.45, 7) is 5.61. The number of aryl methyl sites for hydroxylation is 1. The molecule has 1 heterocycles. The maximum absolute atomic E-state index is 12.5. The largest absolute Gasteiger partial charge is 0.345 e. The fourth-order valence-corrected chi connectivity index (χ4v) is 2.95. The van der Waals surface area contributed by atoms with Crippen molar-refractivity contribution in [2.45, 2.75) is 32.4 Å². The summed E-state index contributed by atoms with van der Waals surface area (Å²) in [4.78, 5) is 17.9. The lowest BCUT2D eigenvalue weighted by molar-refractivity contribution is -0.126. The molecule has 0 radical (unpaired) electrons. The van der Waals surface area contributed by atoms with E-state index in [0.717, 1.165) is 19.9 Å². The van der Waals surface area contributed by atoms with Gasteiger partial charge < -0.3 is 11.1 Å². The van der Waals surface area contributed by atoms with E-state index in [1.54, 1.807) is 24.5 Å². The maximum Gasteiger partial charge on any atom is 0.244 e. The number of halogens is 3. The summed E-state index contributed by atoms with van der Waals surface area (Å²) in [7, 11) is 0. The molecular formula is C15H20BrCl2N3OS. The van der Waals surface area contributed by atoms with Crippen LogP contribution < -0.4 is 11.1 Å². The van der Waals surface area contributed by atoms with Gasteiger partial charge in [0, 0.05) is 15.5 Å². The Morgan fingerprint density at radius 1 is 1.35 bits per heavy atom. The first-order chi connectivity index (χ1) is 9.80. The van der Waals surface area contributed by atoms with Gasteiger partial charge in [-0.3, -0.25) is 4.79 Å². The Hall–Kier alpha value is -0.660. The molecule has 0 aliphatic rings. The van der Waals surface area contributed by atoms with Crippen molar-refractivity contribution in [1.29, 1.82) is 0 Å². The van der Waals surface area contributed by atoms with Gasteiger partial charge in [-0.05, 0) is 38.5 Å². The highest BCUT2D eigenvalue weighted by Crippen LogP contribution is 2.23. The number of thiazole rings is 1. The Labute approximate surface area is 161 Å². The molecule has 2 aromatic rings. The number of aromatic nitrogens is 1. The summed E-state index contributed by atoms with van der Waals surface area (Å²) in [6, 6.07) is 7.29. The average Bonchev–Trinajstić information content (AvgIpc) is 2.86. The van der Waals surface area contributed by atoms with Crippen LogP contribution in [0.3, 0.4) is 0 Å². The van der Waals surface area contributed by atoms with Crippen molar-refractivity contribution in [1.82, 2.24) is 10.3 Å². The van der Waals surface area contributed by atoms with Gasteiger partial charge in [-0.15, -0.1) is 36.2 Å². The van der Waals surface area contributed by atoms with E-state index in [-0.39, 0.29) is 36.8 Å². The number of nitrogens with zero attached hydrogens (tertiary/aromatic N) is 1. The Morgan fingerprint density at radius 3 is 2.39 bits per heavy atom. The lowest BCUT2D eigenvalue weighted by atomic mass is 9.92. The van der Waals surface area contributed by atoms with E-state index >= 15 is 0 Å². The molecule has 2 rings (SSSR count). The number of rotatable bonds is 4. The zero-order valence-electron chi connectivity index (χ0n) is 13.0. The molecule has 4 nitrogen and oxygen atoms in total. The molecule has 0 spiro atoms. The van der Waals surface area contributed by atoms with Crippen LogP contribution in [0.5, 0.6) is 0 Å². The molecular weight excluding hydrogens is 421 g/mol. The topological polar surface area (TPSA) is 68.0 Å². The molecule has 1 aromatic heterocycles. The van der Waals surface area contributed by atoms with E-state index < -0.39 is 5.54 Å². The van der Waals surface area contributed by atoms with Crippen LogP contribution in [0.4, 0.5) is 0 Å². The van der Waals surface area contributed by atoms with Crippen molar-refractivity contribution in [3.8, 4) is 0 Å². The highest BCUT2D eigenvalue weighted by Gasteiger charge is 2.31. The molecule has 0 aliphatic heterocycles. The van der Waals surface area contributed by atoms with Crippen molar-refractivity contribution in [2.75, 3.05) is 0 Å². The first-order valence-electron chi connectivity index (χ1n) is 6.59. The number of nitrogens with one attached hydrogen (secondary N) is 1. The van der Waals surface area contributed by atoms with E-state index in [4.69, 9.17) is 5.73 Å². The van der Waals surface area contributed by atoms with Crippen molar-refractivity contribution in [2.24, 2.45) is 5.73 Å². The fourth-order valence-electron chi connectivity index (χ4n) is 1.91. The second-order valence-corrected chi connectivity index (χ2v) is 7.40. The van der Waals surface area contributed by atoms with Gasteiger partial charge in [-0.1, -0.05) is 28.1 Å². The van der Waals surface area contributed by atoms with Crippen LogP contribution in [0, 0.1) is 6.92 Å². The molecule has 0 aliphatic carbocycles. The highest BCUT2D eigenvalue weighted by atomic mass is 79.9. The van der Waals surface area contributed by atoms with Gasteiger partial charge in [0.1, 0.15) is 10.5 Å². The number of carbonyl (C=O) groups excluding carboxylic acids is 1. The van der Waals surface area contributed by atoms with Gasteiger partial charge in [-0.2, -0.15) is 0 Å². The van der Waals surface area contributed by atoms with Crippen LogP contribution in [0.15, 0.2) is 34.9 Å². The molecule has 2 unspecified atom stereocenters. The molecule has 1 amide bonds. The zero-order chi connectivity index (χ0) is 15.6. The highest BCUT2D eigenvalue weighted by molar-refractivity contribution is 9.10. The monoisotopic (exact) mass is 439 g/mol.